The molecular weight excluding hydrogens is 254 g/mol. The zero-order valence-electron chi connectivity index (χ0n) is 10.2. The summed E-state index contributed by atoms with van der Waals surface area (Å²) in [4.78, 5) is 10.8. The normalized spacial score (nSPS) is 11.4. The van der Waals surface area contributed by atoms with Crippen LogP contribution in [0.15, 0.2) is 23.1 Å². The van der Waals surface area contributed by atoms with Crippen molar-refractivity contribution in [2.75, 3.05) is 12.8 Å². The summed E-state index contributed by atoms with van der Waals surface area (Å²) in [6.07, 6.45) is 2.31. The molecule has 0 bridgehead atoms. The van der Waals surface area contributed by atoms with Crippen LogP contribution >= 0.6 is 0 Å². The Hall–Kier alpha value is -1.40. The maximum absolute atomic E-state index is 11.5. The van der Waals surface area contributed by atoms with Crippen molar-refractivity contribution in [3.63, 3.8) is 0 Å². The average molecular weight is 271 g/mol. The van der Waals surface area contributed by atoms with Gasteiger partial charge in [-0.3, -0.25) is 4.79 Å². The van der Waals surface area contributed by atoms with Crippen molar-refractivity contribution in [2.45, 2.75) is 24.2 Å². The van der Waals surface area contributed by atoms with Gasteiger partial charge in [-0.2, -0.15) is 0 Å². The monoisotopic (exact) mass is 271 g/mol. The van der Waals surface area contributed by atoms with Crippen molar-refractivity contribution in [3.05, 3.63) is 29.3 Å². The molecule has 0 aliphatic heterocycles. The van der Waals surface area contributed by atoms with Crippen LogP contribution in [0, 0.1) is 0 Å². The third-order valence-corrected chi connectivity index (χ3v) is 3.57. The molecule has 100 valence electrons. The first-order valence-electron chi connectivity index (χ1n) is 5.57. The summed E-state index contributed by atoms with van der Waals surface area (Å²) in [5.74, 6) is -0.981. The molecule has 6 heteroatoms. The highest BCUT2D eigenvalue weighted by Crippen LogP contribution is 2.17. The van der Waals surface area contributed by atoms with Crippen LogP contribution in [-0.2, 0) is 27.5 Å². The molecule has 0 heterocycles. The highest BCUT2D eigenvalue weighted by Gasteiger charge is 2.11. The highest BCUT2D eigenvalue weighted by molar-refractivity contribution is 7.90. The van der Waals surface area contributed by atoms with Crippen molar-refractivity contribution in [3.8, 4) is 0 Å². The quantitative estimate of drug-likeness (QED) is 0.790. The summed E-state index contributed by atoms with van der Waals surface area (Å²) >= 11 is 0. The predicted octanol–water partition coefficient (Wildman–Crippen LogP) is 0.608. The Morgan fingerprint density at radius 3 is 2.39 bits per heavy atom. The highest BCUT2D eigenvalue weighted by atomic mass is 32.2. The topological polar surface area (TPSA) is 97.5 Å². The summed E-state index contributed by atoms with van der Waals surface area (Å²) in [7, 11) is -3.33. The Bertz CT molecular complexity index is 537. The predicted molar refractivity (Wildman–Crippen MR) is 68.3 cm³/mol. The first-order valence-corrected chi connectivity index (χ1v) is 7.47. The molecule has 0 saturated carbocycles. The van der Waals surface area contributed by atoms with Gasteiger partial charge >= 0.3 is 5.97 Å². The molecule has 0 atom stereocenters. The van der Waals surface area contributed by atoms with E-state index in [1.807, 2.05) is 0 Å². The van der Waals surface area contributed by atoms with Crippen molar-refractivity contribution in [1.29, 1.82) is 0 Å². The van der Waals surface area contributed by atoms with Gasteiger partial charge in [0.2, 0.25) is 0 Å². The molecule has 0 unspecified atom stereocenters. The Morgan fingerprint density at radius 2 is 1.89 bits per heavy atom. The van der Waals surface area contributed by atoms with Gasteiger partial charge in [0.05, 0.1) is 11.3 Å². The Kier molecular flexibility index (Phi) is 4.86. The second-order valence-electron chi connectivity index (χ2n) is 4.22. The van der Waals surface area contributed by atoms with E-state index in [1.54, 1.807) is 12.1 Å². The SMILES string of the molecule is CS(=O)(=O)c1cc(CCCN)cc(CC(=O)O)c1. The zero-order valence-corrected chi connectivity index (χ0v) is 11.0. The van der Waals surface area contributed by atoms with Crippen LogP contribution in [0.3, 0.4) is 0 Å². The Morgan fingerprint density at radius 1 is 1.28 bits per heavy atom. The third kappa shape index (κ3) is 4.46. The van der Waals surface area contributed by atoms with E-state index >= 15 is 0 Å². The third-order valence-electron chi connectivity index (χ3n) is 2.48. The Balaban J connectivity index is 3.15. The molecule has 0 amide bonds. The van der Waals surface area contributed by atoms with Gasteiger partial charge in [0.15, 0.2) is 9.84 Å². The molecular formula is C12H17NO4S. The van der Waals surface area contributed by atoms with E-state index in [2.05, 4.69) is 0 Å². The minimum Gasteiger partial charge on any atom is -0.481 e. The van der Waals surface area contributed by atoms with Crippen molar-refractivity contribution < 1.29 is 18.3 Å². The molecule has 1 aromatic carbocycles. The van der Waals surface area contributed by atoms with Crippen molar-refractivity contribution >= 4 is 15.8 Å². The lowest BCUT2D eigenvalue weighted by Crippen LogP contribution is -2.06. The first-order chi connectivity index (χ1) is 8.32. The molecule has 0 aliphatic rings. The number of benzene rings is 1. The Labute approximate surface area is 107 Å². The fourth-order valence-electron chi connectivity index (χ4n) is 1.67. The number of carbonyl (C=O) groups is 1. The maximum Gasteiger partial charge on any atom is 0.307 e. The molecule has 0 fully saturated rings. The molecule has 0 aliphatic carbocycles. The zero-order chi connectivity index (χ0) is 13.8. The van der Waals surface area contributed by atoms with Crippen molar-refractivity contribution in [1.82, 2.24) is 0 Å². The van der Waals surface area contributed by atoms with Gasteiger partial charge in [0.1, 0.15) is 0 Å². The van der Waals surface area contributed by atoms with Crippen LogP contribution in [0.25, 0.3) is 0 Å². The van der Waals surface area contributed by atoms with Crippen LogP contribution in [0.1, 0.15) is 17.5 Å². The summed E-state index contributed by atoms with van der Waals surface area (Å²) in [5.41, 5.74) is 6.71. The molecule has 5 nitrogen and oxygen atoms in total. The second kappa shape index (κ2) is 5.97. The molecule has 0 spiro atoms. The number of rotatable bonds is 6. The van der Waals surface area contributed by atoms with Gasteiger partial charge in [-0.15, -0.1) is 0 Å². The smallest absolute Gasteiger partial charge is 0.307 e. The number of aliphatic carboxylic acids is 1. The molecule has 1 aromatic rings. The lowest BCUT2D eigenvalue weighted by atomic mass is 10.0. The summed E-state index contributed by atoms with van der Waals surface area (Å²) in [6.45, 7) is 0.511. The number of aryl methyl sites for hydroxylation is 1. The molecule has 0 aromatic heterocycles. The van der Waals surface area contributed by atoms with E-state index < -0.39 is 15.8 Å². The summed E-state index contributed by atoms with van der Waals surface area (Å²) in [6, 6.07) is 4.71. The van der Waals surface area contributed by atoms with Crippen molar-refractivity contribution in [2.24, 2.45) is 5.73 Å². The number of hydrogen-bond donors (Lipinski definition) is 2. The minimum absolute atomic E-state index is 0.160. The fraction of sp³-hybridized carbons (Fsp3) is 0.417. The molecule has 1 rings (SSSR count). The van der Waals surface area contributed by atoms with Gasteiger partial charge in [-0.1, -0.05) is 6.07 Å². The first kappa shape index (κ1) is 14.7. The van der Waals surface area contributed by atoms with E-state index in [4.69, 9.17) is 10.8 Å². The van der Waals surface area contributed by atoms with Crippen LogP contribution < -0.4 is 5.73 Å². The largest absolute Gasteiger partial charge is 0.481 e. The van der Waals surface area contributed by atoms with Gasteiger partial charge < -0.3 is 10.8 Å². The van der Waals surface area contributed by atoms with Gasteiger partial charge in [0.25, 0.3) is 0 Å². The number of carboxylic acids is 1. The van der Waals surface area contributed by atoms with E-state index in [-0.39, 0.29) is 11.3 Å². The molecule has 18 heavy (non-hydrogen) atoms. The van der Waals surface area contributed by atoms with E-state index in [1.165, 1.54) is 6.07 Å². The lowest BCUT2D eigenvalue weighted by Gasteiger charge is -2.07. The van der Waals surface area contributed by atoms with Crippen LogP contribution in [0.4, 0.5) is 0 Å². The number of sulfone groups is 1. The number of carboxylic acid groups (broad SMARTS) is 1. The average Bonchev–Trinajstić information content (AvgIpc) is 2.24. The van der Waals surface area contributed by atoms with Gasteiger partial charge in [-0.25, -0.2) is 8.42 Å². The summed E-state index contributed by atoms with van der Waals surface area (Å²) in [5, 5.41) is 8.76. The number of nitrogens with two attached hydrogens (primary N) is 1. The van der Waals surface area contributed by atoms with Gasteiger partial charge in [0, 0.05) is 6.26 Å². The van der Waals surface area contributed by atoms with Gasteiger partial charge in [-0.05, 0) is 42.6 Å². The number of hydrogen-bond acceptors (Lipinski definition) is 4. The maximum atomic E-state index is 11.5. The van der Waals surface area contributed by atoms with E-state index in [0.29, 0.717) is 18.5 Å². The summed E-state index contributed by atoms with van der Waals surface area (Å²) < 4.78 is 23.0. The standard InChI is InChI=1S/C12H17NO4S/c1-18(16,17)11-6-9(3-2-4-13)5-10(7-11)8-12(14)15/h5-7H,2-4,8,13H2,1H3,(H,14,15). The van der Waals surface area contributed by atoms with E-state index in [0.717, 1.165) is 18.2 Å². The van der Waals surface area contributed by atoms with E-state index in [9.17, 15) is 13.2 Å². The lowest BCUT2D eigenvalue weighted by molar-refractivity contribution is -0.136. The van der Waals surface area contributed by atoms with Crippen LogP contribution in [0.5, 0.6) is 0 Å². The molecule has 3 N–H and O–H groups in total. The van der Waals surface area contributed by atoms with Crippen LogP contribution in [-0.4, -0.2) is 32.3 Å². The fourth-order valence-corrected chi connectivity index (χ4v) is 2.40. The van der Waals surface area contributed by atoms with Crippen LogP contribution in [0.2, 0.25) is 0 Å². The minimum atomic E-state index is -3.33. The molecule has 0 radical (unpaired) electrons. The second-order valence-corrected chi connectivity index (χ2v) is 6.24. The molecule has 0 saturated heterocycles.